The molecule has 2 aromatic heterocycles. The maximum Gasteiger partial charge on any atom is 0.238 e. The van der Waals surface area contributed by atoms with E-state index in [-0.39, 0.29) is 12.5 Å². The van der Waals surface area contributed by atoms with Crippen LogP contribution in [0.1, 0.15) is 16.2 Å². The molecular weight excluding hydrogens is 370 g/mol. The monoisotopic (exact) mass is 385 g/mol. The summed E-state index contributed by atoms with van der Waals surface area (Å²) in [6.45, 7) is 1.31. The largest absolute Gasteiger partial charge is 0.468 e. The number of nitrogens with one attached hydrogen (secondary N) is 1. The van der Waals surface area contributed by atoms with Crippen LogP contribution in [-0.4, -0.2) is 17.4 Å². The highest BCUT2D eigenvalue weighted by Crippen LogP contribution is 2.21. The molecule has 1 N–H and O–H groups in total. The van der Waals surface area contributed by atoms with Gasteiger partial charge in [0.05, 0.1) is 30.6 Å². The summed E-state index contributed by atoms with van der Waals surface area (Å²) in [6, 6.07) is 14.6. The lowest BCUT2D eigenvalue weighted by Gasteiger charge is -2.20. The van der Waals surface area contributed by atoms with Crippen LogP contribution in [0.25, 0.3) is 0 Å². The molecule has 1 amide bonds. The third-order valence-electron chi connectivity index (χ3n) is 3.66. The lowest BCUT2D eigenvalue weighted by atomic mass is 10.2. The van der Waals surface area contributed by atoms with E-state index in [1.807, 2.05) is 34.5 Å². The molecule has 0 aliphatic heterocycles. The number of carbonyl (C=O) groups is 1. The molecule has 0 atom stereocenters. The zero-order chi connectivity index (χ0) is 18.4. The van der Waals surface area contributed by atoms with Crippen LogP contribution in [0.15, 0.2) is 58.5 Å². The maximum atomic E-state index is 12.5. The number of hydrogen-bond donors (Lipinski definition) is 1. The van der Waals surface area contributed by atoms with Gasteiger partial charge in [0.15, 0.2) is 0 Å². The lowest BCUT2D eigenvalue weighted by molar-refractivity contribution is -0.117. The standard InChI is InChI=1S/C19H16ClN3O2S/c20-15-6-5-14(10-21)18(9-15)22-19(24)13-23(11-16-3-1-7-25-16)12-17-4-2-8-26-17/h1-9H,11-13H2,(H,22,24). The van der Waals surface area contributed by atoms with Crippen molar-refractivity contribution >= 4 is 34.5 Å². The van der Waals surface area contributed by atoms with Gasteiger partial charge in [-0.15, -0.1) is 11.3 Å². The second-order valence-electron chi connectivity index (χ2n) is 5.65. The number of benzene rings is 1. The van der Waals surface area contributed by atoms with Gasteiger partial charge in [0, 0.05) is 16.4 Å². The van der Waals surface area contributed by atoms with Crippen molar-refractivity contribution in [2.75, 3.05) is 11.9 Å². The van der Waals surface area contributed by atoms with E-state index in [0.29, 0.717) is 29.4 Å². The number of halogens is 1. The summed E-state index contributed by atoms with van der Waals surface area (Å²) in [6.07, 6.45) is 1.61. The quantitative estimate of drug-likeness (QED) is 0.649. The fourth-order valence-electron chi connectivity index (χ4n) is 2.52. The Hall–Kier alpha value is -2.59. The molecule has 0 aliphatic rings. The maximum absolute atomic E-state index is 12.5. The lowest BCUT2D eigenvalue weighted by Crippen LogP contribution is -2.32. The smallest absolute Gasteiger partial charge is 0.238 e. The Morgan fingerprint density at radius 2 is 2.15 bits per heavy atom. The van der Waals surface area contributed by atoms with Gasteiger partial charge in [0.25, 0.3) is 0 Å². The number of rotatable bonds is 7. The predicted octanol–water partition coefficient (Wildman–Crippen LogP) is 4.51. The molecule has 7 heteroatoms. The van der Waals surface area contributed by atoms with Crippen LogP contribution < -0.4 is 5.32 Å². The fraction of sp³-hybridized carbons (Fsp3) is 0.158. The Balaban J connectivity index is 1.70. The number of nitrogens with zero attached hydrogens (tertiary/aromatic N) is 2. The van der Waals surface area contributed by atoms with E-state index in [2.05, 4.69) is 11.4 Å². The van der Waals surface area contributed by atoms with Crippen molar-refractivity contribution in [3.8, 4) is 6.07 Å². The Morgan fingerprint density at radius 1 is 1.27 bits per heavy atom. The van der Waals surface area contributed by atoms with E-state index in [0.717, 1.165) is 10.6 Å². The number of anilines is 1. The summed E-state index contributed by atoms with van der Waals surface area (Å²) in [7, 11) is 0. The second kappa shape index (κ2) is 8.68. The average molecular weight is 386 g/mol. The molecule has 0 unspecified atom stereocenters. The summed E-state index contributed by atoms with van der Waals surface area (Å²) in [5, 5.41) is 14.4. The molecule has 0 aliphatic carbocycles. The molecule has 0 radical (unpaired) electrons. The molecule has 3 aromatic rings. The summed E-state index contributed by atoms with van der Waals surface area (Å²) in [4.78, 5) is 15.7. The van der Waals surface area contributed by atoms with Crippen LogP contribution >= 0.6 is 22.9 Å². The van der Waals surface area contributed by atoms with E-state index in [4.69, 9.17) is 16.0 Å². The average Bonchev–Trinajstić information content (AvgIpc) is 3.29. The fourth-order valence-corrected chi connectivity index (χ4v) is 3.44. The van der Waals surface area contributed by atoms with Gasteiger partial charge >= 0.3 is 0 Å². The Kier molecular flexibility index (Phi) is 6.08. The second-order valence-corrected chi connectivity index (χ2v) is 7.12. The number of furan rings is 1. The minimum Gasteiger partial charge on any atom is -0.468 e. The van der Waals surface area contributed by atoms with Crippen LogP contribution in [0.4, 0.5) is 5.69 Å². The topological polar surface area (TPSA) is 69.3 Å². The van der Waals surface area contributed by atoms with E-state index in [1.54, 1.807) is 35.8 Å². The van der Waals surface area contributed by atoms with Crippen molar-refractivity contribution in [2.24, 2.45) is 0 Å². The number of carbonyl (C=O) groups excluding carboxylic acids is 1. The number of hydrogen-bond acceptors (Lipinski definition) is 5. The van der Waals surface area contributed by atoms with Crippen LogP contribution in [0, 0.1) is 11.3 Å². The Morgan fingerprint density at radius 3 is 2.85 bits per heavy atom. The molecule has 0 saturated carbocycles. The minimum atomic E-state index is -0.216. The molecule has 2 heterocycles. The van der Waals surface area contributed by atoms with Gasteiger partial charge in [-0.2, -0.15) is 5.26 Å². The molecule has 0 spiro atoms. The Labute approximate surface area is 160 Å². The van der Waals surface area contributed by atoms with Crippen LogP contribution in [0.3, 0.4) is 0 Å². The third-order valence-corrected chi connectivity index (χ3v) is 4.76. The minimum absolute atomic E-state index is 0.163. The van der Waals surface area contributed by atoms with Gasteiger partial charge in [-0.1, -0.05) is 17.7 Å². The van der Waals surface area contributed by atoms with Crippen molar-refractivity contribution in [1.29, 1.82) is 5.26 Å². The van der Waals surface area contributed by atoms with E-state index >= 15 is 0 Å². The molecular formula is C19H16ClN3O2S. The van der Waals surface area contributed by atoms with Gasteiger partial charge in [0.1, 0.15) is 11.8 Å². The molecule has 3 rings (SSSR count). The summed E-state index contributed by atoms with van der Waals surface area (Å²) >= 11 is 7.61. The zero-order valence-electron chi connectivity index (χ0n) is 13.8. The van der Waals surface area contributed by atoms with Gasteiger partial charge < -0.3 is 9.73 Å². The highest BCUT2D eigenvalue weighted by Gasteiger charge is 2.15. The van der Waals surface area contributed by atoms with E-state index in [1.165, 1.54) is 0 Å². The van der Waals surface area contributed by atoms with Gasteiger partial charge in [-0.25, -0.2) is 0 Å². The van der Waals surface area contributed by atoms with E-state index < -0.39 is 0 Å². The van der Waals surface area contributed by atoms with Gasteiger partial charge in [-0.05, 0) is 41.8 Å². The van der Waals surface area contributed by atoms with E-state index in [9.17, 15) is 10.1 Å². The van der Waals surface area contributed by atoms with Crippen molar-refractivity contribution in [2.45, 2.75) is 13.1 Å². The molecule has 0 bridgehead atoms. The molecule has 1 aromatic carbocycles. The molecule has 0 fully saturated rings. The first-order chi connectivity index (χ1) is 12.6. The van der Waals surface area contributed by atoms with Crippen molar-refractivity contribution in [3.05, 3.63) is 75.3 Å². The first kappa shape index (κ1) is 18.2. The molecule has 132 valence electrons. The highest BCUT2D eigenvalue weighted by molar-refractivity contribution is 7.09. The molecule has 5 nitrogen and oxygen atoms in total. The van der Waals surface area contributed by atoms with Crippen molar-refractivity contribution in [3.63, 3.8) is 0 Å². The third kappa shape index (κ3) is 4.96. The molecule has 0 saturated heterocycles. The van der Waals surface area contributed by atoms with Gasteiger partial charge in [0.2, 0.25) is 5.91 Å². The highest BCUT2D eigenvalue weighted by atomic mass is 35.5. The summed E-state index contributed by atoms with van der Waals surface area (Å²) < 4.78 is 5.40. The zero-order valence-corrected chi connectivity index (χ0v) is 15.4. The number of amides is 1. The Bertz CT molecular complexity index is 865. The van der Waals surface area contributed by atoms with Gasteiger partial charge in [-0.3, -0.25) is 9.69 Å². The van der Waals surface area contributed by atoms with Crippen LogP contribution in [0.5, 0.6) is 0 Å². The predicted molar refractivity (Wildman–Crippen MR) is 102 cm³/mol. The van der Waals surface area contributed by atoms with Crippen molar-refractivity contribution < 1.29 is 9.21 Å². The van der Waals surface area contributed by atoms with Crippen molar-refractivity contribution in [1.82, 2.24) is 4.90 Å². The first-order valence-corrected chi connectivity index (χ1v) is 9.16. The SMILES string of the molecule is N#Cc1ccc(Cl)cc1NC(=O)CN(Cc1ccco1)Cc1cccs1. The van der Waals surface area contributed by atoms with Crippen LogP contribution in [0.2, 0.25) is 5.02 Å². The normalized spacial score (nSPS) is 10.7. The van der Waals surface area contributed by atoms with Crippen LogP contribution in [-0.2, 0) is 17.9 Å². The number of thiophene rings is 1. The molecule has 26 heavy (non-hydrogen) atoms. The summed E-state index contributed by atoms with van der Waals surface area (Å²) in [5.74, 6) is 0.571. The first-order valence-electron chi connectivity index (χ1n) is 7.90. The summed E-state index contributed by atoms with van der Waals surface area (Å²) in [5.41, 5.74) is 0.790. The number of nitriles is 1.